The van der Waals surface area contributed by atoms with E-state index in [0.29, 0.717) is 66.8 Å². The number of nitrogens with one attached hydrogen (secondary N) is 1. The Morgan fingerprint density at radius 1 is 1.07 bits per heavy atom. The van der Waals surface area contributed by atoms with Gasteiger partial charge in [0.15, 0.2) is 0 Å². The zero-order valence-corrected chi connectivity index (χ0v) is 22.9. The van der Waals surface area contributed by atoms with E-state index in [0.717, 1.165) is 18.6 Å². The van der Waals surface area contributed by atoms with E-state index in [-0.39, 0.29) is 28.0 Å². The fourth-order valence-corrected chi connectivity index (χ4v) is 4.96. The normalized spacial score (nSPS) is 14.4. The summed E-state index contributed by atoms with van der Waals surface area (Å²) < 4.78 is 45.8. The Morgan fingerprint density at radius 2 is 1.88 bits per heavy atom. The molecule has 0 unspecified atom stereocenters. The first kappa shape index (κ1) is 28.0. The molecule has 0 spiro atoms. The van der Waals surface area contributed by atoms with Crippen LogP contribution in [0.5, 0.6) is 0 Å². The summed E-state index contributed by atoms with van der Waals surface area (Å²) >= 11 is 12.3. The van der Waals surface area contributed by atoms with Crippen LogP contribution >= 0.6 is 23.2 Å². The molecule has 0 aliphatic carbocycles. The standard InChI is InChI=1S/C27H25Cl2F3N6O2/c1-2-6-20-34-24(21-23(36-40-25(21)35-20)16-7-3-8-17(15-16)27(30,31)32)37-11-5-12-38(14-13-37)26(39)33-19-10-4-9-18(28)22(19)29/h3-4,7-10,15H,2,5-6,11-14H2,1H3,(H,33,39). The molecule has 2 aromatic heterocycles. The number of rotatable bonds is 5. The maximum atomic E-state index is 13.4. The fourth-order valence-electron chi connectivity index (χ4n) is 4.61. The third-order valence-corrected chi connectivity index (χ3v) is 7.39. The highest BCUT2D eigenvalue weighted by Crippen LogP contribution is 2.37. The minimum absolute atomic E-state index is 0.204. The molecule has 3 heterocycles. The molecule has 1 fully saturated rings. The molecule has 0 atom stereocenters. The van der Waals surface area contributed by atoms with Crippen molar-refractivity contribution in [1.82, 2.24) is 20.0 Å². The Kier molecular flexibility index (Phi) is 8.04. The third kappa shape index (κ3) is 5.80. The van der Waals surface area contributed by atoms with Crippen molar-refractivity contribution in [3.8, 4) is 11.3 Å². The SMILES string of the molecule is CCCc1nc(N2CCCN(C(=O)Nc3cccc(Cl)c3Cl)CC2)c2c(-c3cccc(C(F)(F)F)c3)noc2n1. The molecule has 2 aromatic carbocycles. The van der Waals surface area contributed by atoms with E-state index in [1.165, 1.54) is 6.07 Å². The lowest BCUT2D eigenvalue weighted by Gasteiger charge is -2.24. The number of benzene rings is 2. The first-order chi connectivity index (χ1) is 19.2. The molecule has 0 bridgehead atoms. The molecule has 1 saturated heterocycles. The molecular formula is C27H25Cl2F3N6O2. The Labute approximate surface area is 238 Å². The number of aryl methyl sites for hydroxylation is 1. The van der Waals surface area contributed by atoms with Crippen molar-refractivity contribution >= 4 is 51.8 Å². The lowest BCUT2D eigenvalue weighted by molar-refractivity contribution is -0.137. The van der Waals surface area contributed by atoms with Gasteiger partial charge in [0.2, 0.25) is 0 Å². The van der Waals surface area contributed by atoms with E-state index in [9.17, 15) is 18.0 Å². The Morgan fingerprint density at radius 3 is 2.65 bits per heavy atom. The van der Waals surface area contributed by atoms with Crippen LogP contribution in [0.15, 0.2) is 47.0 Å². The number of hydrogen-bond donors (Lipinski definition) is 1. The van der Waals surface area contributed by atoms with Crippen molar-refractivity contribution in [2.45, 2.75) is 32.4 Å². The van der Waals surface area contributed by atoms with Gasteiger partial charge in [0.25, 0.3) is 5.71 Å². The van der Waals surface area contributed by atoms with Crippen LogP contribution < -0.4 is 10.2 Å². The molecule has 0 radical (unpaired) electrons. The van der Waals surface area contributed by atoms with E-state index < -0.39 is 11.7 Å². The minimum atomic E-state index is -4.51. The number of carbonyl (C=O) groups is 1. The van der Waals surface area contributed by atoms with Gasteiger partial charge in [0, 0.05) is 38.2 Å². The predicted octanol–water partition coefficient (Wildman–Crippen LogP) is 7.31. The molecular weight excluding hydrogens is 568 g/mol. The van der Waals surface area contributed by atoms with Crippen LogP contribution in [0.2, 0.25) is 10.0 Å². The van der Waals surface area contributed by atoms with Crippen molar-refractivity contribution < 1.29 is 22.5 Å². The fraction of sp³-hybridized carbons (Fsp3) is 0.333. The first-order valence-corrected chi connectivity index (χ1v) is 13.5. The number of urea groups is 1. The quantitative estimate of drug-likeness (QED) is 0.261. The molecule has 1 N–H and O–H groups in total. The number of amides is 2. The lowest BCUT2D eigenvalue weighted by atomic mass is 10.1. The average Bonchev–Trinajstić information content (AvgIpc) is 3.19. The van der Waals surface area contributed by atoms with E-state index in [2.05, 4.69) is 15.5 Å². The zero-order valence-electron chi connectivity index (χ0n) is 21.4. The second kappa shape index (κ2) is 11.5. The molecule has 0 saturated carbocycles. The summed E-state index contributed by atoms with van der Waals surface area (Å²) in [4.78, 5) is 26.0. The maximum Gasteiger partial charge on any atom is 0.416 e. The van der Waals surface area contributed by atoms with Crippen LogP contribution in [-0.2, 0) is 12.6 Å². The number of fused-ring (bicyclic) bond motifs is 1. The van der Waals surface area contributed by atoms with E-state index >= 15 is 0 Å². The first-order valence-electron chi connectivity index (χ1n) is 12.7. The van der Waals surface area contributed by atoms with Crippen molar-refractivity contribution in [2.24, 2.45) is 0 Å². The van der Waals surface area contributed by atoms with Gasteiger partial charge in [-0.15, -0.1) is 0 Å². The Balaban J connectivity index is 1.46. The van der Waals surface area contributed by atoms with E-state index in [1.807, 2.05) is 11.8 Å². The number of alkyl halides is 3. The Bertz CT molecular complexity index is 1540. The average molecular weight is 593 g/mol. The lowest BCUT2D eigenvalue weighted by Crippen LogP contribution is -2.38. The van der Waals surface area contributed by atoms with E-state index in [1.54, 1.807) is 29.2 Å². The van der Waals surface area contributed by atoms with Gasteiger partial charge in [-0.2, -0.15) is 18.2 Å². The summed E-state index contributed by atoms with van der Waals surface area (Å²) in [6.07, 6.45) is -2.51. The number of hydrogen-bond acceptors (Lipinski definition) is 6. The van der Waals surface area contributed by atoms with Crippen LogP contribution in [0.1, 0.15) is 31.2 Å². The summed E-state index contributed by atoms with van der Waals surface area (Å²) in [5, 5.41) is 7.95. The van der Waals surface area contributed by atoms with Gasteiger partial charge < -0.3 is 19.6 Å². The van der Waals surface area contributed by atoms with Gasteiger partial charge in [-0.3, -0.25) is 0 Å². The highest BCUT2D eigenvalue weighted by atomic mass is 35.5. The molecule has 8 nitrogen and oxygen atoms in total. The number of carbonyl (C=O) groups excluding carboxylic acids is 1. The summed E-state index contributed by atoms with van der Waals surface area (Å²) in [6.45, 7) is 3.80. The summed E-state index contributed by atoms with van der Waals surface area (Å²) in [5.41, 5.74) is 0.305. The molecule has 2 amide bonds. The summed E-state index contributed by atoms with van der Waals surface area (Å²) in [5.74, 6) is 1.06. The number of halogens is 5. The van der Waals surface area contributed by atoms with Crippen LogP contribution in [-0.4, -0.2) is 52.2 Å². The van der Waals surface area contributed by atoms with Crippen LogP contribution in [0.25, 0.3) is 22.4 Å². The second-order valence-electron chi connectivity index (χ2n) is 9.36. The minimum Gasteiger partial charge on any atom is -0.354 e. The highest BCUT2D eigenvalue weighted by molar-refractivity contribution is 6.43. The Hall–Kier alpha value is -3.57. The second-order valence-corrected chi connectivity index (χ2v) is 10.1. The van der Waals surface area contributed by atoms with Crippen molar-refractivity contribution in [3.05, 3.63) is 63.9 Å². The van der Waals surface area contributed by atoms with Crippen LogP contribution in [0.3, 0.4) is 0 Å². The van der Waals surface area contributed by atoms with Crippen LogP contribution in [0.4, 0.5) is 29.5 Å². The van der Waals surface area contributed by atoms with Crippen molar-refractivity contribution in [1.29, 1.82) is 0 Å². The van der Waals surface area contributed by atoms with Crippen LogP contribution in [0, 0.1) is 0 Å². The largest absolute Gasteiger partial charge is 0.416 e. The zero-order chi connectivity index (χ0) is 28.4. The predicted molar refractivity (Wildman–Crippen MR) is 148 cm³/mol. The summed E-state index contributed by atoms with van der Waals surface area (Å²) in [6, 6.07) is 9.61. The van der Waals surface area contributed by atoms with Gasteiger partial charge in [0.05, 0.1) is 21.3 Å². The molecule has 5 rings (SSSR count). The molecule has 4 aromatic rings. The number of aromatic nitrogens is 3. The summed E-state index contributed by atoms with van der Waals surface area (Å²) in [7, 11) is 0. The smallest absolute Gasteiger partial charge is 0.354 e. The molecule has 13 heteroatoms. The molecule has 210 valence electrons. The third-order valence-electron chi connectivity index (χ3n) is 6.58. The van der Waals surface area contributed by atoms with Gasteiger partial charge >= 0.3 is 12.2 Å². The van der Waals surface area contributed by atoms with Gasteiger partial charge in [0.1, 0.15) is 22.7 Å². The topological polar surface area (TPSA) is 87.4 Å². The van der Waals surface area contributed by atoms with Crippen molar-refractivity contribution in [3.63, 3.8) is 0 Å². The number of nitrogens with zero attached hydrogens (tertiary/aromatic N) is 5. The maximum absolute atomic E-state index is 13.4. The van der Waals surface area contributed by atoms with Gasteiger partial charge in [-0.1, -0.05) is 53.5 Å². The highest BCUT2D eigenvalue weighted by Gasteiger charge is 2.32. The molecule has 40 heavy (non-hydrogen) atoms. The monoisotopic (exact) mass is 592 g/mol. The van der Waals surface area contributed by atoms with Gasteiger partial charge in [-0.25, -0.2) is 9.78 Å². The van der Waals surface area contributed by atoms with E-state index in [4.69, 9.17) is 32.7 Å². The molecule has 1 aliphatic heterocycles. The number of anilines is 2. The van der Waals surface area contributed by atoms with Gasteiger partial charge in [-0.05, 0) is 37.1 Å². The van der Waals surface area contributed by atoms with Crippen molar-refractivity contribution in [2.75, 3.05) is 36.4 Å². The molecule has 1 aliphatic rings.